The molecule has 2 aliphatic rings. The molecule has 0 amide bonds. The molecule has 2 N–H and O–H groups in total. The normalized spacial score (nSPS) is 30.7. The van der Waals surface area contributed by atoms with E-state index < -0.39 is 0 Å². The Morgan fingerprint density at radius 1 is 1.32 bits per heavy atom. The molecular weight excluding hydrogens is 236 g/mol. The minimum Gasteiger partial charge on any atom is -0.496 e. The van der Waals surface area contributed by atoms with Gasteiger partial charge in [-0.3, -0.25) is 0 Å². The van der Waals surface area contributed by atoms with E-state index in [9.17, 15) is 0 Å². The van der Waals surface area contributed by atoms with Crippen LogP contribution in [0.15, 0.2) is 18.2 Å². The molecule has 0 saturated carbocycles. The Morgan fingerprint density at radius 3 is 2.95 bits per heavy atom. The van der Waals surface area contributed by atoms with Crippen molar-refractivity contribution in [2.24, 2.45) is 0 Å². The second-order valence-electron chi connectivity index (χ2n) is 5.98. The third-order valence-electron chi connectivity index (χ3n) is 4.86. The number of methoxy groups -OCH3 is 1. The highest BCUT2D eigenvalue weighted by atomic mass is 16.5. The van der Waals surface area contributed by atoms with Gasteiger partial charge in [-0.15, -0.1) is 0 Å². The molecule has 1 aliphatic heterocycles. The van der Waals surface area contributed by atoms with Gasteiger partial charge in [-0.1, -0.05) is 19.1 Å². The van der Waals surface area contributed by atoms with Crippen molar-refractivity contribution < 1.29 is 4.74 Å². The zero-order valence-corrected chi connectivity index (χ0v) is 12.0. The average Bonchev–Trinajstić information content (AvgIpc) is 2.48. The fraction of sp³-hybridized carbons (Fsp3) is 0.625. The van der Waals surface area contributed by atoms with Crippen molar-refractivity contribution in [2.45, 2.75) is 37.6 Å². The van der Waals surface area contributed by atoms with Crippen LogP contribution in [0.3, 0.4) is 0 Å². The third kappa shape index (κ3) is 2.15. The van der Waals surface area contributed by atoms with Crippen molar-refractivity contribution in [1.29, 1.82) is 0 Å². The Balaban J connectivity index is 2.04. The molecule has 2 atom stereocenters. The predicted molar refractivity (Wildman–Crippen MR) is 77.9 cm³/mol. The van der Waals surface area contributed by atoms with Crippen LogP contribution in [0.25, 0.3) is 0 Å². The summed E-state index contributed by atoms with van der Waals surface area (Å²) in [6.45, 7) is 5.59. The van der Waals surface area contributed by atoms with E-state index in [1.807, 2.05) is 0 Å². The van der Waals surface area contributed by atoms with Crippen molar-refractivity contribution >= 4 is 0 Å². The second-order valence-corrected chi connectivity index (χ2v) is 5.98. The van der Waals surface area contributed by atoms with Gasteiger partial charge in [-0.05, 0) is 30.9 Å². The highest BCUT2D eigenvalue weighted by Crippen LogP contribution is 2.44. The molecule has 1 heterocycles. The van der Waals surface area contributed by atoms with Gasteiger partial charge >= 0.3 is 0 Å². The van der Waals surface area contributed by atoms with Gasteiger partial charge in [0, 0.05) is 36.7 Å². The van der Waals surface area contributed by atoms with Gasteiger partial charge in [-0.25, -0.2) is 0 Å². The van der Waals surface area contributed by atoms with Gasteiger partial charge in [-0.2, -0.15) is 0 Å². The SMILES string of the molecule is COc1cccc2c1C(C)(C1CNCCN1)CCC2. The molecule has 1 aliphatic carbocycles. The Kier molecular flexibility index (Phi) is 3.50. The lowest BCUT2D eigenvalue weighted by atomic mass is 9.66. The molecule has 1 aromatic carbocycles. The van der Waals surface area contributed by atoms with E-state index in [4.69, 9.17) is 4.74 Å². The average molecular weight is 260 g/mol. The Hall–Kier alpha value is -1.06. The predicted octanol–water partition coefficient (Wildman–Crippen LogP) is 1.85. The van der Waals surface area contributed by atoms with Crippen molar-refractivity contribution in [1.82, 2.24) is 10.6 Å². The highest BCUT2D eigenvalue weighted by molar-refractivity contribution is 5.48. The van der Waals surface area contributed by atoms with Crippen LogP contribution in [0.1, 0.15) is 30.9 Å². The van der Waals surface area contributed by atoms with Crippen molar-refractivity contribution in [3.8, 4) is 5.75 Å². The first kappa shape index (κ1) is 12.9. The van der Waals surface area contributed by atoms with E-state index >= 15 is 0 Å². The van der Waals surface area contributed by atoms with Crippen LogP contribution in [0.4, 0.5) is 0 Å². The first-order valence-corrected chi connectivity index (χ1v) is 7.36. The van der Waals surface area contributed by atoms with Crippen LogP contribution < -0.4 is 15.4 Å². The van der Waals surface area contributed by atoms with E-state index in [1.165, 1.54) is 30.4 Å². The molecule has 0 bridgehead atoms. The van der Waals surface area contributed by atoms with Crippen LogP contribution in [0, 0.1) is 0 Å². The van der Waals surface area contributed by atoms with Crippen LogP contribution >= 0.6 is 0 Å². The summed E-state index contributed by atoms with van der Waals surface area (Å²) < 4.78 is 5.65. The molecule has 1 aromatic rings. The first-order valence-electron chi connectivity index (χ1n) is 7.36. The fourth-order valence-corrected chi connectivity index (χ4v) is 3.83. The van der Waals surface area contributed by atoms with E-state index in [1.54, 1.807) is 7.11 Å². The summed E-state index contributed by atoms with van der Waals surface area (Å²) in [6, 6.07) is 7.00. The molecule has 104 valence electrons. The fourth-order valence-electron chi connectivity index (χ4n) is 3.83. The smallest absolute Gasteiger partial charge is 0.122 e. The summed E-state index contributed by atoms with van der Waals surface area (Å²) in [6.07, 6.45) is 3.69. The number of benzene rings is 1. The number of piperazine rings is 1. The maximum atomic E-state index is 5.65. The maximum Gasteiger partial charge on any atom is 0.122 e. The topological polar surface area (TPSA) is 33.3 Å². The van der Waals surface area contributed by atoms with Crippen LogP contribution in [-0.4, -0.2) is 32.8 Å². The van der Waals surface area contributed by atoms with Crippen molar-refractivity contribution in [3.63, 3.8) is 0 Å². The molecule has 19 heavy (non-hydrogen) atoms. The Morgan fingerprint density at radius 2 is 2.21 bits per heavy atom. The monoisotopic (exact) mass is 260 g/mol. The second kappa shape index (κ2) is 5.14. The van der Waals surface area contributed by atoms with E-state index in [0.717, 1.165) is 25.4 Å². The first-order chi connectivity index (χ1) is 9.25. The summed E-state index contributed by atoms with van der Waals surface area (Å²) in [5.41, 5.74) is 3.08. The molecule has 0 aromatic heterocycles. The number of hydrogen-bond donors (Lipinski definition) is 2. The van der Waals surface area contributed by atoms with Crippen LogP contribution in [0.5, 0.6) is 5.75 Å². The molecule has 3 nitrogen and oxygen atoms in total. The molecule has 1 fully saturated rings. The Labute approximate surface area is 115 Å². The lowest BCUT2D eigenvalue weighted by Gasteiger charge is -2.45. The number of fused-ring (bicyclic) bond motifs is 1. The maximum absolute atomic E-state index is 5.65. The third-order valence-corrected chi connectivity index (χ3v) is 4.86. The number of rotatable bonds is 2. The van der Waals surface area contributed by atoms with E-state index in [0.29, 0.717) is 6.04 Å². The molecular formula is C16H24N2O. The van der Waals surface area contributed by atoms with Crippen molar-refractivity contribution in [3.05, 3.63) is 29.3 Å². The zero-order chi connectivity index (χ0) is 13.3. The molecule has 2 unspecified atom stereocenters. The summed E-state index contributed by atoms with van der Waals surface area (Å²) in [7, 11) is 1.79. The lowest BCUT2D eigenvalue weighted by Crippen LogP contribution is -2.58. The summed E-state index contributed by atoms with van der Waals surface area (Å²) in [4.78, 5) is 0. The minimum atomic E-state index is 0.174. The molecule has 0 radical (unpaired) electrons. The van der Waals surface area contributed by atoms with E-state index in [2.05, 4.69) is 35.8 Å². The van der Waals surface area contributed by atoms with Gasteiger partial charge in [0.15, 0.2) is 0 Å². The van der Waals surface area contributed by atoms with Crippen LogP contribution in [0.2, 0.25) is 0 Å². The van der Waals surface area contributed by atoms with Gasteiger partial charge in [0.25, 0.3) is 0 Å². The number of aryl methyl sites for hydroxylation is 1. The van der Waals surface area contributed by atoms with Gasteiger partial charge in [0.05, 0.1) is 7.11 Å². The van der Waals surface area contributed by atoms with Gasteiger partial charge in [0.1, 0.15) is 5.75 Å². The molecule has 0 spiro atoms. The largest absolute Gasteiger partial charge is 0.496 e. The lowest BCUT2D eigenvalue weighted by molar-refractivity contribution is 0.240. The molecule has 3 rings (SSSR count). The van der Waals surface area contributed by atoms with Gasteiger partial charge in [0.2, 0.25) is 0 Å². The zero-order valence-electron chi connectivity index (χ0n) is 12.0. The summed E-state index contributed by atoms with van der Waals surface area (Å²) in [5.74, 6) is 1.06. The molecule has 1 saturated heterocycles. The quantitative estimate of drug-likeness (QED) is 0.851. The summed E-state index contributed by atoms with van der Waals surface area (Å²) >= 11 is 0. The van der Waals surface area contributed by atoms with E-state index in [-0.39, 0.29) is 5.41 Å². The summed E-state index contributed by atoms with van der Waals surface area (Å²) in [5, 5.41) is 7.23. The standard InChI is InChI=1S/C16H24N2O/c1-16(14-11-17-9-10-18-14)8-4-6-12-5-3-7-13(19-2)15(12)16/h3,5,7,14,17-18H,4,6,8-11H2,1-2H3. The van der Waals surface area contributed by atoms with Gasteiger partial charge < -0.3 is 15.4 Å². The highest BCUT2D eigenvalue weighted by Gasteiger charge is 2.41. The minimum absolute atomic E-state index is 0.174. The number of ether oxygens (including phenoxy) is 1. The number of nitrogens with one attached hydrogen (secondary N) is 2. The number of hydrogen-bond acceptors (Lipinski definition) is 3. The van der Waals surface area contributed by atoms with Crippen LogP contribution in [-0.2, 0) is 11.8 Å². The Bertz CT molecular complexity index is 440. The van der Waals surface area contributed by atoms with Crippen molar-refractivity contribution in [2.75, 3.05) is 26.7 Å². The molecule has 3 heteroatoms.